The van der Waals surface area contributed by atoms with E-state index in [0.29, 0.717) is 17.2 Å². The Labute approximate surface area is 135 Å². The van der Waals surface area contributed by atoms with Crippen LogP contribution in [0.4, 0.5) is 5.69 Å². The topological polar surface area (TPSA) is 105 Å². The van der Waals surface area contributed by atoms with Crippen molar-refractivity contribution in [2.24, 2.45) is 0 Å². The van der Waals surface area contributed by atoms with Crippen LogP contribution < -0.4 is 9.84 Å². The van der Waals surface area contributed by atoms with Crippen LogP contribution in [0.2, 0.25) is 0 Å². The van der Waals surface area contributed by atoms with Gasteiger partial charge in [0, 0.05) is 23.9 Å². The lowest BCUT2D eigenvalue weighted by Gasteiger charge is -2.12. The Bertz CT molecular complexity index is 560. The molecule has 0 aliphatic rings. The molecule has 126 valence electrons. The molecule has 1 aromatic rings. The zero-order chi connectivity index (χ0) is 17.5. The van der Waals surface area contributed by atoms with E-state index in [0.717, 1.165) is 6.54 Å². The molecule has 0 aliphatic carbocycles. The maximum atomic E-state index is 10.8. The van der Waals surface area contributed by atoms with E-state index in [-0.39, 0.29) is 11.4 Å². The zero-order valence-corrected chi connectivity index (χ0v) is 15.1. The first kappa shape index (κ1) is 20.9. The fourth-order valence-corrected chi connectivity index (χ4v) is 2.41. The molecule has 0 aromatic heterocycles. The van der Waals surface area contributed by atoms with Crippen molar-refractivity contribution in [3.05, 3.63) is 33.4 Å². The summed E-state index contributed by atoms with van der Waals surface area (Å²) >= 11 is 4.28. The van der Waals surface area contributed by atoms with Gasteiger partial charge < -0.3 is 19.6 Å². The molecule has 0 unspecified atom stereocenters. The Balaban J connectivity index is 0.000000626. The number of nitrogens with zero attached hydrogens (tertiary/aromatic N) is 1. The molecule has 3 N–H and O–H groups in total. The van der Waals surface area contributed by atoms with Crippen LogP contribution in [-0.2, 0) is 11.8 Å². The van der Waals surface area contributed by atoms with Crippen molar-refractivity contribution in [1.29, 1.82) is 0 Å². The predicted octanol–water partition coefficient (Wildman–Crippen LogP) is 2.80. The number of hydrogen-bond acceptors (Lipinski definition) is 5. The Morgan fingerprint density at radius 3 is 2.27 bits per heavy atom. The lowest BCUT2D eigenvalue weighted by molar-refractivity contribution is -0.385. The van der Waals surface area contributed by atoms with Gasteiger partial charge in [0.05, 0.1) is 4.92 Å². The molecule has 0 heterocycles. The van der Waals surface area contributed by atoms with E-state index in [1.807, 2.05) is 0 Å². The molecule has 1 aromatic carbocycles. The second-order valence-corrected chi connectivity index (χ2v) is 7.57. The second kappa shape index (κ2) is 9.17. The van der Waals surface area contributed by atoms with Crippen molar-refractivity contribution in [2.75, 3.05) is 6.54 Å². The minimum absolute atomic E-state index is 0.191. The SMILES string of the molecule is CCNC(C)C.Cc1cc(C)c(OP(O)(O)=S)c([N+](=O)[O-])c1. The average molecular weight is 350 g/mol. The van der Waals surface area contributed by atoms with Crippen molar-refractivity contribution >= 4 is 24.2 Å². The summed E-state index contributed by atoms with van der Waals surface area (Å²) in [6.07, 6.45) is 0. The van der Waals surface area contributed by atoms with Crippen LogP contribution in [0.5, 0.6) is 5.75 Å². The molecule has 0 saturated carbocycles. The van der Waals surface area contributed by atoms with Crippen molar-refractivity contribution in [3.63, 3.8) is 0 Å². The Morgan fingerprint density at radius 1 is 1.41 bits per heavy atom. The lowest BCUT2D eigenvalue weighted by Crippen LogP contribution is -2.21. The summed E-state index contributed by atoms with van der Waals surface area (Å²) in [4.78, 5) is 28.1. The third-order valence-corrected chi connectivity index (χ3v) is 3.06. The number of rotatable bonds is 5. The van der Waals surface area contributed by atoms with Gasteiger partial charge in [-0.2, -0.15) is 0 Å². The third kappa shape index (κ3) is 8.41. The molecule has 0 saturated heterocycles. The van der Waals surface area contributed by atoms with Crippen LogP contribution >= 0.6 is 6.72 Å². The maximum absolute atomic E-state index is 10.8. The van der Waals surface area contributed by atoms with E-state index in [4.69, 9.17) is 9.79 Å². The largest absolute Gasteiger partial charge is 0.417 e. The van der Waals surface area contributed by atoms with Crippen LogP contribution in [0, 0.1) is 24.0 Å². The summed E-state index contributed by atoms with van der Waals surface area (Å²) in [6.45, 7) is 6.77. The van der Waals surface area contributed by atoms with Crippen LogP contribution in [0.15, 0.2) is 12.1 Å². The van der Waals surface area contributed by atoms with Crippen LogP contribution in [0.1, 0.15) is 31.9 Å². The van der Waals surface area contributed by atoms with Gasteiger partial charge in [-0.15, -0.1) is 0 Å². The first-order valence-corrected chi connectivity index (χ1v) is 9.34. The third-order valence-electron chi connectivity index (χ3n) is 2.42. The summed E-state index contributed by atoms with van der Waals surface area (Å²) in [5.41, 5.74) is 0.791. The normalized spacial score (nSPS) is 10.9. The Hall–Kier alpha value is -1.05. The van der Waals surface area contributed by atoms with Gasteiger partial charge in [0.25, 0.3) is 0 Å². The van der Waals surface area contributed by atoms with Crippen molar-refractivity contribution < 1.29 is 19.2 Å². The number of benzene rings is 1. The highest BCUT2D eigenvalue weighted by molar-refractivity contribution is 8.06. The zero-order valence-electron chi connectivity index (χ0n) is 13.4. The number of aryl methyl sites for hydroxylation is 2. The van der Waals surface area contributed by atoms with E-state index in [1.165, 1.54) is 6.07 Å². The molecule has 0 atom stereocenters. The molecule has 0 radical (unpaired) electrons. The quantitative estimate of drug-likeness (QED) is 0.426. The highest BCUT2D eigenvalue weighted by atomic mass is 32.5. The molecular weight excluding hydrogens is 327 g/mol. The number of nitro groups is 1. The van der Waals surface area contributed by atoms with Gasteiger partial charge in [0.15, 0.2) is 0 Å². The molecule has 0 fully saturated rings. The van der Waals surface area contributed by atoms with E-state index < -0.39 is 11.6 Å². The summed E-state index contributed by atoms with van der Waals surface area (Å²) < 4.78 is 4.68. The second-order valence-electron chi connectivity index (χ2n) is 4.98. The first-order valence-electron chi connectivity index (χ1n) is 6.72. The molecule has 0 spiro atoms. The molecule has 22 heavy (non-hydrogen) atoms. The van der Waals surface area contributed by atoms with Gasteiger partial charge in [-0.1, -0.05) is 26.8 Å². The van der Waals surface area contributed by atoms with Crippen molar-refractivity contribution in [1.82, 2.24) is 5.32 Å². The van der Waals surface area contributed by atoms with E-state index >= 15 is 0 Å². The van der Waals surface area contributed by atoms with E-state index in [1.54, 1.807) is 19.9 Å². The first-order chi connectivity index (χ1) is 9.97. The van der Waals surface area contributed by atoms with Gasteiger partial charge in [-0.05, 0) is 31.5 Å². The fourth-order valence-electron chi connectivity index (χ4n) is 1.71. The van der Waals surface area contributed by atoms with Gasteiger partial charge in [-0.3, -0.25) is 10.1 Å². The summed E-state index contributed by atoms with van der Waals surface area (Å²) in [7, 11) is 0. The lowest BCUT2D eigenvalue weighted by atomic mass is 10.1. The van der Waals surface area contributed by atoms with Crippen LogP contribution in [0.3, 0.4) is 0 Å². The molecule has 1 rings (SSSR count). The number of nitrogens with one attached hydrogen (secondary N) is 1. The fraction of sp³-hybridized carbons (Fsp3) is 0.538. The van der Waals surface area contributed by atoms with Gasteiger partial charge >= 0.3 is 12.4 Å². The summed E-state index contributed by atoms with van der Waals surface area (Å²) in [5.74, 6) is -0.191. The molecular formula is C13H23N2O5PS. The highest BCUT2D eigenvalue weighted by Gasteiger charge is 2.23. The van der Waals surface area contributed by atoms with Gasteiger partial charge in [-0.25, -0.2) is 0 Å². The predicted molar refractivity (Wildman–Crippen MR) is 90.7 cm³/mol. The standard InChI is InChI=1S/C8H10NO5PS.C5H13N/c1-5-3-6(2)8(14-15(12,13)16)7(4-5)9(10)11;1-4-6-5(2)3/h3-4H,1-2H3,(H2,12,13,16);5-6H,4H2,1-3H3. The minimum atomic E-state index is -3.97. The van der Waals surface area contributed by atoms with E-state index in [2.05, 4.69) is 42.4 Å². The number of nitro benzene ring substituents is 1. The van der Waals surface area contributed by atoms with Crippen LogP contribution in [-0.4, -0.2) is 27.3 Å². The molecule has 0 amide bonds. The molecule has 7 nitrogen and oxygen atoms in total. The van der Waals surface area contributed by atoms with Gasteiger partial charge in [0.2, 0.25) is 5.75 Å². The summed E-state index contributed by atoms with van der Waals surface area (Å²) in [5, 5.41) is 14.0. The maximum Gasteiger partial charge on any atom is 0.375 e. The molecule has 9 heteroatoms. The van der Waals surface area contributed by atoms with Crippen LogP contribution in [0.25, 0.3) is 0 Å². The monoisotopic (exact) mass is 350 g/mol. The van der Waals surface area contributed by atoms with Gasteiger partial charge in [0.1, 0.15) is 0 Å². The minimum Gasteiger partial charge on any atom is -0.417 e. The van der Waals surface area contributed by atoms with E-state index in [9.17, 15) is 10.1 Å². The number of hydrogen-bond donors (Lipinski definition) is 3. The highest BCUT2D eigenvalue weighted by Crippen LogP contribution is 2.44. The van der Waals surface area contributed by atoms with Crippen molar-refractivity contribution in [2.45, 2.75) is 40.7 Å². The Kier molecular flexibility index (Phi) is 8.73. The summed E-state index contributed by atoms with van der Waals surface area (Å²) in [6, 6.07) is 3.57. The molecule has 0 bridgehead atoms. The smallest absolute Gasteiger partial charge is 0.375 e. The average Bonchev–Trinajstić information content (AvgIpc) is 2.31. The van der Waals surface area contributed by atoms with Crippen molar-refractivity contribution in [3.8, 4) is 5.75 Å². The molecule has 0 aliphatic heterocycles. The Morgan fingerprint density at radius 2 is 1.95 bits per heavy atom.